The molecule has 2 atom stereocenters. The van der Waals surface area contributed by atoms with Crippen molar-refractivity contribution in [3.8, 4) is 0 Å². The van der Waals surface area contributed by atoms with E-state index in [1.54, 1.807) is 0 Å². The predicted octanol–water partition coefficient (Wildman–Crippen LogP) is 1.12. The molecule has 2 rings (SSSR count). The molecule has 2 aliphatic rings. The second-order valence-electron chi connectivity index (χ2n) is 5.12. The van der Waals surface area contributed by atoms with Crippen LogP contribution in [-0.2, 0) is 4.79 Å². The van der Waals surface area contributed by atoms with E-state index in [4.69, 9.17) is 0 Å². The highest BCUT2D eigenvalue weighted by molar-refractivity contribution is 5.79. The lowest BCUT2D eigenvalue weighted by molar-refractivity contribution is -0.146. The van der Waals surface area contributed by atoms with E-state index in [1.165, 1.54) is 12.8 Å². The molecule has 0 amide bonds. The van der Waals surface area contributed by atoms with Crippen molar-refractivity contribution in [1.82, 2.24) is 10.6 Å². The molecule has 0 spiro atoms. The van der Waals surface area contributed by atoms with Crippen molar-refractivity contribution in [3.63, 3.8) is 0 Å². The lowest BCUT2D eigenvalue weighted by Gasteiger charge is -2.38. The van der Waals surface area contributed by atoms with Gasteiger partial charge < -0.3 is 15.7 Å². The molecule has 2 unspecified atom stereocenters. The van der Waals surface area contributed by atoms with Crippen LogP contribution in [-0.4, -0.2) is 35.7 Å². The first-order valence-corrected chi connectivity index (χ1v) is 6.45. The Morgan fingerprint density at radius 3 is 2.62 bits per heavy atom. The van der Waals surface area contributed by atoms with E-state index >= 15 is 0 Å². The highest BCUT2D eigenvalue weighted by Crippen LogP contribution is 2.27. The molecule has 4 nitrogen and oxygen atoms in total. The Bertz CT molecular complexity index is 243. The summed E-state index contributed by atoms with van der Waals surface area (Å²) in [5.74, 6) is -0.667. The third kappa shape index (κ3) is 2.55. The van der Waals surface area contributed by atoms with Crippen LogP contribution in [0.3, 0.4) is 0 Å². The van der Waals surface area contributed by atoms with Crippen LogP contribution in [0.15, 0.2) is 0 Å². The van der Waals surface area contributed by atoms with Crippen molar-refractivity contribution in [1.29, 1.82) is 0 Å². The Balaban J connectivity index is 1.98. The highest BCUT2D eigenvalue weighted by Gasteiger charge is 2.41. The van der Waals surface area contributed by atoms with Gasteiger partial charge in [-0.3, -0.25) is 4.79 Å². The van der Waals surface area contributed by atoms with Crippen LogP contribution in [0.2, 0.25) is 0 Å². The molecule has 0 aliphatic carbocycles. The minimum atomic E-state index is -0.667. The number of hydrogen-bond acceptors (Lipinski definition) is 3. The van der Waals surface area contributed by atoms with Gasteiger partial charge in [0.15, 0.2) is 0 Å². The first-order valence-electron chi connectivity index (χ1n) is 6.45. The summed E-state index contributed by atoms with van der Waals surface area (Å²) >= 11 is 0. The number of carboxylic acids is 1. The van der Waals surface area contributed by atoms with E-state index in [0.717, 1.165) is 45.2 Å². The standard InChI is InChI=1S/C12H22N2O2/c15-11(16)12(6-2-4-8-14-12)9-10-5-1-3-7-13-10/h10,13-14H,1-9H2,(H,15,16). The van der Waals surface area contributed by atoms with Crippen LogP contribution in [0.4, 0.5) is 0 Å². The van der Waals surface area contributed by atoms with Crippen molar-refractivity contribution < 1.29 is 9.90 Å². The van der Waals surface area contributed by atoms with Crippen LogP contribution in [0.25, 0.3) is 0 Å². The quantitative estimate of drug-likeness (QED) is 0.675. The molecule has 3 N–H and O–H groups in total. The van der Waals surface area contributed by atoms with Gasteiger partial charge in [0.25, 0.3) is 0 Å². The van der Waals surface area contributed by atoms with Crippen molar-refractivity contribution >= 4 is 5.97 Å². The van der Waals surface area contributed by atoms with Crippen LogP contribution in [0, 0.1) is 0 Å². The van der Waals surface area contributed by atoms with Gasteiger partial charge in [-0.05, 0) is 51.6 Å². The van der Waals surface area contributed by atoms with E-state index in [-0.39, 0.29) is 0 Å². The molecule has 0 saturated carbocycles. The third-order valence-electron chi connectivity index (χ3n) is 3.91. The minimum Gasteiger partial charge on any atom is -0.480 e. The number of piperidine rings is 2. The average molecular weight is 226 g/mol. The largest absolute Gasteiger partial charge is 0.480 e. The molecule has 0 radical (unpaired) electrons. The van der Waals surface area contributed by atoms with Crippen molar-refractivity contribution in [2.24, 2.45) is 0 Å². The average Bonchev–Trinajstić information content (AvgIpc) is 2.31. The zero-order valence-corrected chi connectivity index (χ0v) is 9.80. The maximum absolute atomic E-state index is 11.5. The topological polar surface area (TPSA) is 61.4 Å². The Morgan fingerprint density at radius 1 is 1.25 bits per heavy atom. The van der Waals surface area contributed by atoms with E-state index in [1.807, 2.05) is 0 Å². The molecule has 0 aromatic heterocycles. The predicted molar refractivity (Wildman–Crippen MR) is 62.5 cm³/mol. The lowest BCUT2D eigenvalue weighted by Crippen LogP contribution is -2.58. The summed E-state index contributed by atoms with van der Waals surface area (Å²) in [4.78, 5) is 11.5. The van der Waals surface area contributed by atoms with Gasteiger partial charge in [0.05, 0.1) is 0 Å². The number of carbonyl (C=O) groups is 1. The fourth-order valence-corrected chi connectivity index (χ4v) is 2.93. The summed E-state index contributed by atoms with van der Waals surface area (Å²) in [7, 11) is 0. The summed E-state index contributed by atoms with van der Waals surface area (Å²) in [6.45, 7) is 1.89. The normalized spacial score (nSPS) is 35.9. The fraction of sp³-hybridized carbons (Fsp3) is 0.917. The summed E-state index contributed by atoms with van der Waals surface area (Å²) in [6, 6.07) is 0.385. The first-order chi connectivity index (χ1) is 7.73. The molecular formula is C12H22N2O2. The van der Waals surface area contributed by atoms with E-state index < -0.39 is 11.5 Å². The van der Waals surface area contributed by atoms with E-state index in [0.29, 0.717) is 6.04 Å². The number of rotatable bonds is 3. The number of hydrogen-bond donors (Lipinski definition) is 3. The molecule has 2 saturated heterocycles. The maximum Gasteiger partial charge on any atom is 0.323 e. The molecule has 0 bridgehead atoms. The van der Waals surface area contributed by atoms with Gasteiger partial charge in [-0.2, -0.15) is 0 Å². The number of carboxylic acid groups (broad SMARTS) is 1. The summed E-state index contributed by atoms with van der Waals surface area (Å²) < 4.78 is 0. The second-order valence-corrected chi connectivity index (χ2v) is 5.12. The zero-order valence-electron chi connectivity index (χ0n) is 9.80. The van der Waals surface area contributed by atoms with Crippen molar-refractivity contribution in [2.75, 3.05) is 13.1 Å². The van der Waals surface area contributed by atoms with Gasteiger partial charge in [0.1, 0.15) is 5.54 Å². The Hall–Kier alpha value is -0.610. The molecule has 2 heterocycles. The Kier molecular flexibility index (Phi) is 3.82. The summed E-state index contributed by atoms with van der Waals surface area (Å²) in [6.07, 6.45) is 7.23. The summed E-state index contributed by atoms with van der Waals surface area (Å²) in [5.41, 5.74) is -0.659. The van der Waals surface area contributed by atoms with Crippen LogP contribution in [0.1, 0.15) is 44.9 Å². The zero-order chi connectivity index (χ0) is 11.4. The maximum atomic E-state index is 11.5. The Morgan fingerprint density at radius 2 is 2.06 bits per heavy atom. The van der Waals surface area contributed by atoms with Crippen molar-refractivity contribution in [2.45, 2.75) is 56.5 Å². The second kappa shape index (κ2) is 5.15. The van der Waals surface area contributed by atoms with Crippen LogP contribution >= 0.6 is 0 Å². The van der Waals surface area contributed by atoms with E-state index in [2.05, 4.69) is 10.6 Å². The molecule has 92 valence electrons. The monoisotopic (exact) mass is 226 g/mol. The van der Waals surface area contributed by atoms with Gasteiger partial charge in [-0.15, -0.1) is 0 Å². The summed E-state index contributed by atoms with van der Waals surface area (Å²) in [5, 5.41) is 16.1. The van der Waals surface area contributed by atoms with Gasteiger partial charge in [0, 0.05) is 6.04 Å². The minimum absolute atomic E-state index is 0.385. The SMILES string of the molecule is O=C(O)C1(CC2CCCCN2)CCCCN1. The van der Waals surface area contributed by atoms with Gasteiger partial charge in [-0.25, -0.2) is 0 Å². The molecule has 16 heavy (non-hydrogen) atoms. The van der Waals surface area contributed by atoms with Gasteiger partial charge >= 0.3 is 5.97 Å². The number of nitrogens with one attached hydrogen (secondary N) is 2. The molecule has 0 aromatic rings. The van der Waals surface area contributed by atoms with Crippen LogP contribution in [0.5, 0.6) is 0 Å². The molecular weight excluding hydrogens is 204 g/mol. The smallest absolute Gasteiger partial charge is 0.323 e. The lowest BCUT2D eigenvalue weighted by atomic mass is 9.81. The fourth-order valence-electron chi connectivity index (χ4n) is 2.93. The molecule has 2 aliphatic heterocycles. The molecule has 2 fully saturated rings. The molecule has 4 heteroatoms. The molecule has 0 aromatic carbocycles. The van der Waals surface area contributed by atoms with Gasteiger partial charge in [0.2, 0.25) is 0 Å². The van der Waals surface area contributed by atoms with Crippen molar-refractivity contribution in [3.05, 3.63) is 0 Å². The number of aliphatic carboxylic acids is 1. The highest BCUT2D eigenvalue weighted by atomic mass is 16.4. The Labute approximate surface area is 96.8 Å². The third-order valence-corrected chi connectivity index (χ3v) is 3.91. The first kappa shape index (κ1) is 11.9. The van der Waals surface area contributed by atoms with Gasteiger partial charge in [-0.1, -0.05) is 6.42 Å². The van der Waals surface area contributed by atoms with Crippen LogP contribution < -0.4 is 10.6 Å². The van der Waals surface area contributed by atoms with E-state index in [9.17, 15) is 9.90 Å².